The topological polar surface area (TPSA) is 34.5 Å². The van der Waals surface area contributed by atoms with Gasteiger partial charge in [-0.25, -0.2) is 9.37 Å². The molecule has 0 N–H and O–H groups in total. The van der Waals surface area contributed by atoms with Crippen molar-refractivity contribution in [1.29, 1.82) is 0 Å². The van der Waals surface area contributed by atoms with E-state index in [9.17, 15) is 8.87 Å². The molecule has 0 aromatic carbocycles. The van der Waals surface area contributed by atoms with Crippen LogP contribution in [0, 0.1) is 5.82 Å². The van der Waals surface area contributed by atoms with Gasteiger partial charge in [0.1, 0.15) is 5.76 Å². The number of hydrogen-bond donors (Lipinski definition) is 0. The molecule has 0 saturated heterocycles. The van der Waals surface area contributed by atoms with Gasteiger partial charge in [-0.15, -0.1) is 0 Å². The summed E-state index contributed by atoms with van der Waals surface area (Å²) in [6.07, 6.45) is 4.47. The summed E-state index contributed by atoms with van der Waals surface area (Å²) in [5.41, 5.74) is 0.898. The fourth-order valence-corrected chi connectivity index (χ4v) is 1.24. The highest BCUT2D eigenvalue weighted by molar-refractivity contribution is 6.30. The number of pyridine rings is 1. The van der Waals surface area contributed by atoms with E-state index in [1.165, 1.54) is 13.1 Å². The monoisotopic (exact) mass is 316 g/mol. The predicted octanol–water partition coefficient (Wildman–Crippen LogP) is 5.47. The lowest BCUT2D eigenvalue weighted by Crippen LogP contribution is -1.97. The zero-order chi connectivity index (χ0) is 16.4. The van der Waals surface area contributed by atoms with Crippen LogP contribution < -0.4 is 4.74 Å². The van der Waals surface area contributed by atoms with Gasteiger partial charge in [0.05, 0.1) is 10.7 Å². The van der Waals surface area contributed by atoms with E-state index >= 15 is 0 Å². The van der Waals surface area contributed by atoms with E-state index in [2.05, 4.69) is 10.2 Å². The van der Waals surface area contributed by atoms with Gasteiger partial charge in [0, 0.05) is 6.20 Å². The lowest BCUT2D eigenvalue weighted by Gasteiger charge is -2.05. The third-order valence-electron chi connectivity index (χ3n) is 2.30. The molecule has 116 valence electrons. The molecule has 0 radical (unpaired) electrons. The maximum Gasteiger partial charge on any atom is 0.255 e. The molecule has 0 unspecified atom stereocenters. The van der Waals surface area contributed by atoms with Crippen molar-refractivity contribution in [2.24, 2.45) is 5.21 Å². The van der Waals surface area contributed by atoms with Crippen molar-refractivity contribution < 1.29 is 13.6 Å². The molecule has 0 atom stereocenters. The Kier molecular flexibility index (Phi) is 9.21. The van der Waals surface area contributed by atoms with Crippen LogP contribution in [-0.4, -0.2) is 10.7 Å². The summed E-state index contributed by atoms with van der Waals surface area (Å²) in [6.45, 7) is 8.86. The Balaban J connectivity index is 0.00000191. The summed E-state index contributed by atoms with van der Waals surface area (Å²) in [5, 5.41) is 2.76. The molecule has 1 aromatic heterocycles. The van der Waals surface area contributed by atoms with E-state index in [0.717, 1.165) is 6.07 Å². The molecule has 21 heavy (non-hydrogen) atoms. The highest BCUT2D eigenvalue weighted by Gasteiger charge is 2.06. The summed E-state index contributed by atoms with van der Waals surface area (Å²) in [5.74, 6) is -0.415. The van der Waals surface area contributed by atoms with E-state index in [-0.39, 0.29) is 16.6 Å². The Morgan fingerprint density at radius 1 is 1.29 bits per heavy atom. The standard InChI is InChI=1S/C13H13ClF2N2O.C2H6/c1-8(10(3)18-16)4-5-9(2)19-13-12(15)6-11(14)7-17-13;1-2/h4-7H,1-3H3;1-2H3/b8-4+,9-5+,18-10+;. The Morgan fingerprint density at radius 2 is 1.90 bits per heavy atom. The van der Waals surface area contributed by atoms with E-state index in [1.54, 1.807) is 26.0 Å². The molecular weight excluding hydrogens is 298 g/mol. The molecule has 0 aliphatic heterocycles. The molecule has 0 aliphatic rings. The van der Waals surface area contributed by atoms with E-state index in [4.69, 9.17) is 16.3 Å². The fourth-order valence-electron chi connectivity index (χ4n) is 1.09. The van der Waals surface area contributed by atoms with E-state index in [0.29, 0.717) is 11.3 Å². The largest absolute Gasteiger partial charge is 0.441 e. The number of allylic oxidation sites excluding steroid dienone is 4. The van der Waals surface area contributed by atoms with Crippen molar-refractivity contribution in [2.45, 2.75) is 34.6 Å². The summed E-state index contributed by atoms with van der Waals surface area (Å²) in [7, 11) is 0. The third-order valence-corrected chi connectivity index (χ3v) is 2.50. The normalized spacial score (nSPS) is 12.7. The van der Waals surface area contributed by atoms with Crippen molar-refractivity contribution in [3.8, 4) is 5.88 Å². The fraction of sp³-hybridized carbons (Fsp3) is 0.333. The molecular formula is C15H19ClF2N2O. The van der Waals surface area contributed by atoms with Crippen molar-refractivity contribution >= 4 is 17.3 Å². The highest BCUT2D eigenvalue weighted by Crippen LogP contribution is 2.19. The zero-order valence-corrected chi connectivity index (χ0v) is 13.5. The van der Waals surface area contributed by atoms with Gasteiger partial charge in [0.25, 0.3) is 5.88 Å². The van der Waals surface area contributed by atoms with Crippen LogP contribution in [0.1, 0.15) is 34.6 Å². The second kappa shape index (κ2) is 10.0. The van der Waals surface area contributed by atoms with Gasteiger partial charge in [0.2, 0.25) is 0 Å². The number of hydrogen-bond acceptors (Lipinski definition) is 3. The number of rotatable bonds is 4. The first kappa shape index (κ1) is 19.2. The van der Waals surface area contributed by atoms with Crippen LogP contribution in [0.3, 0.4) is 0 Å². The Bertz CT molecular complexity index is 555. The van der Waals surface area contributed by atoms with E-state index in [1.807, 2.05) is 13.8 Å². The molecule has 0 bridgehead atoms. The van der Waals surface area contributed by atoms with Gasteiger partial charge < -0.3 is 4.74 Å². The number of aromatic nitrogens is 1. The van der Waals surface area contributed by atoms with Crippen LogP contribution in [0.4, 0.5) is 8.87 Å². The summed E-state index contributed by atoms with van der Waals surface area (Å²) in [6, 6.07) is 1.11. The van der Waals surface area contributed by atoms with Crippen LogP contribution in [0.5, 0.6) is 5.88 Å². The van der Waals surface area contributed by atoms with Crippen LogP contribution in [0.25, 0.3) is 0 Å². The Morgan fingerprint density at radius 3 is 2.43 bits per heavy atom. The molecule has 3 nitrogen and oxygen atoms in total. The van der Waals surface area contributed by atoms with Crippen molar-refractivity contribution in [2.75, 3.05) is 0 Å². The number of halogens is 3. The van der Waals surface area contributed by atoms with Gasteiger partial charge in [-0.05, 0) is 38.5 Å². The van der Waals surface area contributed by atoms with Gasteiger partial charge in [-0.1, -0.05) is 41.2 Å². The average molecular weight is 317 g/mol. The SMILES string of the molecule is CC.C\C(=C/C=C(C)/C(C)=N/F)Oc1ncc(Cl)cc1F. The summed E-state index contributed by atoms with van der Waals surface area (Å²) < 4.78 is 30.6. The zero-order valence-electron chi connectivity index (χ0n) is 12.7. The molecule has 1 rings (SSSR count). The number of ether oxygens (including phenoxy) is 1. The minimum atomic E-state index is -0.651. The van der Waals surface area contributed by atoms with Crippen molar-refractivity contribution in [1.82, 2.24) is 4.98 Å². The Labute approximate surface area is 129 Å². The van der Waals surface area contributed by atoms with Crippen LogP contribution in [0.2, 0.25) is 5.02 Å². The number of nitrogens with zero attached hydrogens (tertiary/aromatic N) is 2. The first-order valence-corrected chi connectivity index (χ1v) is 6.82. The lowest BCUT2D eigenvalue weighted by molar-refractivity contribution is 0.381. The minimum Gasteiger partial charge on any atom is -0.441 e. The summed E-state index contributed by atoms with van der Waals surface area (Å²) in [4.78, 5) is 3.72. The molecule has 0 fully saturated rings. The smallest absolute Gasteiger partial charge is 0.255 e. The van der Waals surface area contributed by atoms with Gasteiger partial charge >= 0.3 is 0 Å². The van der Waals surface area contributed by atoms with Crippen LogP contribution in [-0.2, 0) is 0 Å². The predicted molar refractivity (Wildman–Crippen MR) is 82.9 cm³/mol. The lowest BCUT2D eigenvalue weighted by atomic mass is 10.2. The van der Waals surface area contributed by atoms with Crippen molar-refractivity contribution in [3.05, 3.63) is 46.6 Å². The third kappa shape index (κ3) is 6.99. The van der Waals surface area contributed by atoms with Crippen LogP contribution in [0.15, 0.2) is 41.0 Å². The first-order chi connectivity index (χ1) is 9.93. The maximum absolute atomic E-state index is 13.4. The molecule has 0 saturated carbocycles. The molecule has 1 aromatic rings. The first-order valence-electron chi connectivity index (χ1n) is 6.44. The quantitative estimate of drug-likeness (QED) is 0.419. The average Bonchev–Trinajstić information content (AvgIpc) is 2.48. The maximum atomic E-state index is 13.4. The second-order valence-corrected chi connectivity index (χ2v) is 4.28. The molecule has 6 heteroatoms. The molecule has 0 aliphatic carbocycles. The highest BCUT2D eigenvalue weighted by atomic mass is 35.5. The van der Waals surface area contributed by atoms with E-state index < -0.39 is 5.82 Å². The molecule has 0 spiro atoms. The minimum absolute atomic E-state index is 0.167. The molecule has 0 amide bonds. The van der Waals surface area contributed by atoms with Gasteiger partial charge in [-0.2, -0.15) is 0 Å². The summed E-state index contributed by atoms with van der Waals surface area (Å²) >= 11 is 5.58. The van der Waals surface area contributed by atoms with Crippen molar-refractivity contribution in [3.63, 3.8) is 0 Å². The molecule has 1 heterocycles. The van der Waals surface area contributed by atoms with Gasteiger partial charge in [-0.3, -0.25) is 0 Å². The van der Waals surface area contributed by atoms with Gasteiger partial charge in [0.15, 0.2) is 5.82 Å². The van der Waals surface area contributed by atoms with Crippen LogP contribution >= 0.6 is 11.6 Å². The second-order valence-electron chi connectivity index (χ2n) is 3.84. The Hall–Kier alpha value is -1.75.